The molecule has 0 spiro atoms. The minimum Gasteiger partial charge on any atom is -0.325 e. The van der Waals surface area contributed by atoms with E-state index in [0.717, 1.165) is 25.3 Å². The molecule has 1 fully saturated rings. The molecule has 0 unspecified atom stereocenters. The number of likely N-dealkylation sites (tertiary alicyclic amines) is 1. The van der Waals surface area contributed by atoms with Gasteiger partial charge in [0.05, 0.1) is 5.69 Å². The molecule has 0 atom stereocenters. The van der Waals surface area contributed by atoms with Crippen LogP contribution in [0.25, 0.3) is 0 Å². The summed E-state index contributed by atoms with van der Waals surface area (Å²) in [6.07, 6.45) is 2.69. The summed E-state index contributed by atoms with van der Waals surface area (Å²) < 4.78 is 0. The first-order chi connectivity index (χ1) is 8.75. The minimum atomic E-state index is -0.00767. The molecule has 1 aromatic rings. The lowest BCUT2D eigenvalue weighted by molar-refractivity contribution is -0.114. The summed E-state index contributed by atoms with van der Waals surface area (Å²) in [5.74, 6) is -0.00767. The third-order valence-electron chi connectivity index (χ3n) is 3.15. The maximum absolute atomic E-state index is 11.0. The Morgan fingerprint density at radius 1 is 1.44 bits per heavy atom. The number of nitrogens with zero attached hydrogens (tertiary/aromatic N) is 1. The Morgan fingerprint density at radius 3 is 2.94 bits per heavy atom. The predicted molar refractivity (Wildman–Crippen MR) is 76.0 cm³/mol. The van der Waals surface area contributed by atoms with Crippen LogP contribution in [0.15, 0.2) is 11.4 Å². The van der Waals surface area contributed by atoms with Crippen molar-refractivity contribution in [2.45, 2.75) is 26.3 Å². The van der Waals surface area contributed by atoms with E-state index in [2.05, 4.69) is 15.5 Å². The number of rotatable bonds is 6. The lowest BCUT2D eigenvalue weighted by atomic mass is 10.3. The van der Waals surface area contributed by atoms with Crippen molar-refractivity contribution in [3.63, 3.8) is 0 Å². The number of anilines is 1. The molecule has 1 saturated heterocycles. The van der Waals surface area contributed by atoms with Crippen LogP contribution < -0.4 is 10.6 Å². The Bertz CT molecular complexity index is 385. The number of hydrogen-bond donors (Lipinski definition) is 2. The van der Waals surface area contributed by atoms with E-state index < -0.39 is 0 Å². The van der Waals surface area contributed by atoms with Gasteiger partial charge in [0.1, 0.15) is 0 Å². The van der Waals surface area contributed by atoms with Crippen LogP contribution in [0.2, 0.25) is 0 Å². The fourth-order valence-corrected chi connectivity index (χ4v) is 3.02. The van der Waals surface area contributed by atoms with Gasteiger partial charge in [-0.3, -0.25) is 4.79 Å². The van der Waals surface area contributed by atoms with Gasteiger partial charge in [0.25, 0.3) is 0 Å². The third kappa shape index (κ3) is 4.08. The lowest BCUT2D eigenvalue weighted by Crippen LogP contribution is -2.29. The van der Waals surface area contributed by atoms with Crippen LogP contribution in [-0.4, -0.2) is 37.0 Å². The highest BCUT2D eigenvalue weighted by Crippen LogP contribution is 2.21. The largest absolute Gasteiger partial charge is 0.325 e. The Labute approximate surface area is 112 Å². The van der Waals surface area contributed by atoms with Crippen LogP contribution in [0.4, 0.5) is 5.69 Å². The summed E-state index contributed by atoms with van der Waals surface area (Å²) in [4.78, 5) is 14.7. The van der Waals surface area contributed by atoms with Crippen LogP contribution in [0.5, 0.6) is 0 Å². The number of amides is 1. The van der Waals surface area contributed by atoms with Crippen LogP contribution in [-0.2, 0) is 11.3 Å². The fourth-order valence-electron chi connectivity index (χ4n) is 2.22. The number of thiophene rings is 1. The molecule has 0 radical (unpaired) electrons. The van der Waals surface area contributed by atoms with Gasteiger partial charge in [-0.25, -0.2) is 0 Å². The highest BCUT2D eigenvalue weighted by molar-refractivity contribution is 7.10. The zero-order valence-corrected chi connectivity index (χ0v) is 11.7. The van der Waals surface area contributed by atoms with E-state index in [1.54, 1.807) is 18.3 Å². The number of hydrogen-bond acceptors (Lipinski definition) is 4. The number of nitrogens with one attached hydrogen (secondary N) is 2. The zero-order chi connectivity index (χ0) is 12.8. The van der Waals surface area contributed by atoms with E-state index >= 15 is 0 Å². The van der Waals surface area contributed by atoms with E-state index in [9.17, 15) is 4.79 Å². The highest BCUT2D eigenvalue weighted by atomic mass is 32.1. The first kappa shape index (κ1) is 13.5. The van der Waals surface area contributed by atoms with Crippen molar-refractivity contribution in [2.75, 3.05) is 31.5 Å². The molecule has 5 heteroatoms. The molecule has 1 aliphatic rings. The molecular formula is C13H21N3OS. The Morgan fingerprint density at radius 2 is 2.22 bits per heavy atom. The van der Waals surface area contributed by atoms with E-state index in [0.29, 0.717) is 0 Å². The first-order valence-corrected chi connectivity index (χ1v) is 7.40. The van der Waals surface area contributed by atoms with Gasteiger partial charge < -0.3 is 15.5 Å². The van der Waals surface area contributed by atoms with E-state index in [-0.39, 0.29) is 5.91 Å². The monoisotopic (exact) mass is 267 g/mol. The second-order valence-corrected chi connectivity index (χ2v) is 5.66. The minimum absolute atomic E-state index is 0.00767. The van der Waals surface area contributed by atoms with Gasteiger partial charge in [-0.05, 0) is 37.4 Å². The standard InChI is InChI=1S/C13H21N3OS/c1-11(17)15-12-4-9-18-13(12)10-14-5-8-16-6-2-3-7-16/h4,9,14H,2-3,5-8,10H2,1H3,(H,15,17). The van der Waals surface area contributed by atoms with Crippen molar-refractivity contribution < 1.29 is 4.79 Å². The fraction of sp³-hybridized carbons (Fsp3) is 0.615. The highest BCUT2D eigenvalue weighted by Gasteiger charge is 2.10. The predicted octanol–water partition coefficient (Wildman–Crippen LogP) is 1.89. The molecule has 1 amide bonds. The summed E-state index contributed by atoms with van der Waals surface area (Å²) >= 11 is 1.68. The summed E-state index contributed by atoms with van der Waals surface area (Å²) in [7, 11) is 0. The molecule has 100 valence electrons. The number of carbonyl (C=O) groups excluding carboxylic acids is 1. The molecule has 0 saturated carbocycles. The van der Waals surface area contributed by atoms with Gasteiger partial charge in [0.2, 0.25) is 5.91 Å². The molecule has 0 aliphatic carbocycles. The van der Waals surface area contributed by atoms with Crippen molar-refractivity contribution in [2.24, 2.45) is 0 Å². The van der Waals surface area contributed by atoms with Gasteiger partial charge in [0, 0.05) is 31.4 Å². The topological polar surface area (TPSA) is 44.4 Å². The SMILES string of the molecule is CC(=O)Nc1ccsc1CNCCN1CCCC1. The van der Waals surface area contributed by atoms with Gasteiger partial charge in [-0.1, -0.05) is 0 Å². The van der Waals surface area contributed by atoms with Crippen LogP contribution in [0, 0.1) is 0 Å². The van der Waals surface area contributed by atoms with Crippen LogP contribution >= 0.6 is 11.3 Å². The molecule has 2 rings (SSSR count). The normalized spacial score (nSPS) is 16.1. The zero-order valence-electron chi connectivity index (χ0n) is 10.9. The molecule has 2 heterocycles. The van der Waals surface area contributed by atoms with Crippen LogP contribution in [0.3, 0.4) is 0 Å². The Kier molecular flexibility index (Phi) is 5.16. The maximum atomic E-state index is 11.0. The van der Waals surface area contributed by atoms with Gasteiger partial charge >= 0.3 is 0 Å². The molecule has 18 heavy (non-hydrogen) atoms. The van der Waals surface area contributed by atoms with Crippen molar-refractivity contribution in [3.8, 4) is 0 Å². The van der Waals surface area contributed by atoms with E-state index in [1.165, 1.54) is 30.8 Å². The van der Waals surface area contributed by atoms with Crippen LogP contribution in [0.1, 0.15) is 24.6 Å². The average molecular weight is 267 g/mol. The smallest absolute Gasteiger partial charge is 0.221 e. The average Bonchev–Trinajstić information content (AvgIpc) is 2.95. The molecule has 2 N–H and O–H groups in total. The second-order valence-electron chi connectivity index (χ2n) is 4.66. The molecular weight excluding hydrogens is 246 g/mol. The quantitative estimate of drug-likeness (QED) is 0.774. The molecule has 1 aliphatic heterocycles. The van der Waals surface area contributed by atoms with Gasteiger partial charge in [-0.2, -0.15) is 0 Å². The van der Waals surface area contributed by atoms with Crippen molar-refractivity contribution in [1.29, 1.82) is 0 Å². The van der Waals surface area contributed by atoms with Gasteiger partial charge in [0.15, 0.2) is 0 Å². The Balaban J connectivity index is 1.69. The second kappa shape index (κ2) is 6.87. The molecule has 1 aromatic heterocycles. The van der Waals surface area contributed by atoms with Crippen molar-refractivity contribution in [3.05, 3.63) is 16.3 Å². The Hall–Kier alpha value is -0.910. The summed E-state index contributed by atoms with van der Waals surface area (Å²) in [5, 5.41) is 8.32. The third-order valence-corrected chi connectivity index (χ3v) is 4.07. The molecule has 4 nitrogen and oxygen atoms in total. The van der Waals surface area contributed by atoms with E-state index in [4.69, 9.17) is 0 Å². The molecule has 0 aromatic carbocycles. The summed E-state index contributed by atoms with van der Waals surface area (Å²) in [6.45, 7) is 7.01. The first-order valence-electron chi connectivity index (χ1n) is 6.53. The maximum Gasteiger partial charge on any atom is 0.221 e. The summed E-state index contributed by atoms with van der Waals surface area (Å²) in [6, 6.07) is 1.96. The molecule has 0 bridgehead atoms. The number of carbonyl (C=O) groups is 1. The lowest BCUT2D eigenvalue weighted by Gasteiger charge is -2.14. The van der Waals surface area contributed by atoms with Crippen molar-refractivity contribution in [1.82, 2.24) is 10.2 Å². The van der Waals surface area contributed by atoms with Gasteiger partial charge in [-0.15, -0.1) is 11.3 Å². The van der Waals surface area contributed by atoms with Crippen molar-refractivity contribution >= 4 is 22.9 Å². The van der Waals surface area contributed by atoms with E-state index in [1.807, 2.05) is 11.4 Å². The summed E-state index contributed by atoms with van der Waals surface area (Å²) in [5.41, 5.74) is 0.946.